The molecule has 0 aliphatic heterocycles. The van der Waals surface area contributed by atoms with Gasteiger partial charge in [-0.25, -0.2) is 0 Å². The Morgan fingerprint density at radius 1 is 1.62 bits per heavy atom. The maximum Gasteiger partial charge on any atom is 0.313 e. The van der Waals surface area contributed by atoms with E-state index in [-0.39, 0.29) is 12.2 Å². The average Bonchev–Trinajstić information content (AvgIpc) is 2.51. The summed E-state index contributed by atoms with van der Waals surface area (Å²) in [6.45, 7) is 1.61. The van der Waals surface area contributed by atoms with Crippen LogP contribution in [0.25, 0.3) is 0 Å². The van der Waals surface area contributed by atoms with Crippen LogP contribution >= 0.6 is 0 Å². The second kappa shape index (κ2) is 3.84. The van der Waals surface area contributed by atoms with Gasteiger partial charge in [0.25, 0.3) is 0 Å². The van der Waals surface area contributed by atoms with Gasteiger partial charge in [-0.3, -0.25) is 9.59 Å². The number of aromatic nitrogens is 1. The van der Waals surface area contributed by atoms with Crippen molar-refractivity contribution >= 4 is 11.8 Å². The highest BCUT2D eigenvalue weighted by Crippen LogP contribution is 2.08. The number of methoxy groups -OCH3 is 1. The van der Waals surface area contributed by atoms with Crippen LogP contribution in [0.5, 0.6) is 0 Å². The average molecular weight is 183 g/mol. The molecule has 0 radical (unpaired) electrons. The Morgan fingerprint density at radius 3 is 2.77 bits per heavy atom. The smallest absolute Gasteiger partial charge is 0.313 e. The van der Waals surface area contributed by atoms with Crippen LogP contribution in [0.1, 0.15) is 22.5 Å². The van der Waals surface area contributed by atoms with Crippen molar-refractivity contribution in [2.45, 2.75) is 13.3 Å². The van der Waals surface area contributed by atoms with E-state index in [1.807, 2.05) is 0 Å². The fraction of sp³-hybridized carbons (Fsp3) is 0.375. The number of ketones is 1. The minimum atomic E-state index is -0.564. The number of carbonyl (C=O) groups excluding carboxylic acids is 2. The van der Waals surface area contributed by atoms with Gasteiger partial charge in [-0.2, -0.15) is 0 Å². The second-order valence-electron chi connectivity index (χ2n) is 2.47. The van der Waals surface area contributed by atoms with Gasteiger partial charge < -0.3 is 9.26 Å². The summed E-state index contributed by atoms with van der Waals surface area (Å²) < 4.78 is 9.03. The molecule has 0 unspecified atom stereocenters. The topological polar surface area (TPSA) is 69.4 Å². The van der Waals surface area contributed by atoms with Crippen molar-refractivity contribution in [2.24, 2.45) is 0 Å². The zero-order valence-corrected chi connectivity index (χ0v) is 7.36. The molecule has 1 heterocycles. The molecule has 0 aromatic carbocycles. The molecule has 5 nitrogen and oxygen atoms in total. The second-order valence-corrected chi connectivity index (χ2v) is 2.47. The zero-order valence-electron chi connectivity index (χ0n) is 7.36. The van der Waals surface area contributed by atoms with E-state index in [1.54, 1.807) is 6.92 Å². The van der Waals surface area contributed by atoms with Crippen LogP contribution in [0.4, 0.5) is 0 Å². The number of rotatable bonds is 3. The molecule has 0 atom stereocenters. The largest absolute Gasteiger partial charge is 0.469 e. The fourth-order valence-electron chi connectivity index (χ4n) is 0.865. The molecule has 13 heavy (non-hydrogen) atoms. The minimum Gasteiger partial charge on any atom is -0.469 e. The number of Topliss-reactive ketones (excluding diaryl/α,β-unsaturated/α-hetero) is 1. The molecule has 0 aliphatic rings. The predicted molar refractivity (Wildman–Crippen MR) is 42.2 cm³/mol. The van der Waals surface area contributed by atoms with Gasteiger partial charge in [0.15, 0.2) is 5.78 Å². The van der Waals surface area contributed by atoms with E-state index in [0.717, 1.165) is 0 Å². The van der Waals surface area contributed by atoms with Crippen molar-refractivity contribution in [3.63, 3.8) is 0 Å². The summed E-state index contributed by atoms with van der Waals surface area (Å²) in [5.74, 6) is -0.495. The van der Waals surface area contributed by atoms with Crippen molar-refractivity contribution in [2.75, 3.05) is 7.11 Å². The molecule has 0 bridgehead atoms. The Hall–Kier alpha value is -1.65. The third-order valence-corrected chi connectivity index (χ3v) is 1.58. The van der Waals surface area contributed by atoms with Crippen LogP contribution in [0.2, 0.25) is 0 Å². The lowest BCUT2D eigenvalue weighted by Crippen LogP contribution is -2.09. The first-order valence-electron chi connectivity index (χ1n) is 3.66. The lowest BCUT2D eigenvalue weighted by molar-refractivity contribution is -0.139. The van der Waals surface area contributed by atoms with E-state index in [0.29, 0.717) is 11.3 Å². The first-order chi connectivity index (χ1) is 6.15. The molecule has 0 spiro atoms. The van der Waals surface area contributed by atoms with E-state index in [1.165, 1.54) is 13.3 Å². The summed E-state index contributed by atoms with van der Waals surface area (Å²) in [6.07, 6.45) is 1.01. The Balaban J connectivity index is 2.69. The minimum absolute atomic E-state index is 0.279. The molecule has 0 fully saturated rings. The van der Waals surface area contributed by atoms with E-state index >= 15 is 0 Å². The molecule has 70 valence electrons. The lowest BCUT2D eigenvalue weighted by atomic mass is 10.1. The first-order valence-corrected chi connectivity index (χ1v) is 3.66. The highest BCUT2D eigenvalue weighted by atomic mass is 16.5. The van der Waals surface area contributed by atoms with E-state index in [9.17, 15) is 9.59 Å². The molecule has 1 rings (SSSR count). The molecule has 0 N–H and O–H groups in total. The quantitative estimate of drug-likeness (QED) is 0.392. The van der Waals surface area contributed by atoms with Crippen LogP contribution in [0.15, 0.2) is 10.7 Å². The lowest BCUT2D eigenvalue weighted by Gasteiger charge is -1.96. The number of ether oxygens (including phenoxy) is 1. The molecule has 1 aromatic rings. The molecule has 0 saturated carbocycles. The third-order valence-electron chi connectivity index (χ3n) is 1.58. The summed E-state index contributed by atoms with van der Waals surface area (Å²) in [7, 11) is 1.23. The van der Waals surface area contributed by atoms with Gasteiger partial charge >= 0.3 is 5.97 Å². The van der Waals surface area contributed by atoms with Crippen molar-refractivity contribution in [3.05, 3.63) is 17.5 Å². The normalized spacial score (nSPS) is 9.69. The van der Waals surface area contributed by atoms with Crippen LogP contribution < -0.4 is 0 Å². The molecule has 0 saturated heterocycles. The molecular weight excluding hydrogens is 174 g/mol. The number of esters is 1. The number of nitrogens with zero attached hydrogens (tertiary/aromatic N) is 1. The monoisotopic (exact) mass is 183 g/mol. The van der Waals surface area contributed by atoms with Gasteiger partial charge in [0.2, 0.25) is 0 Å². The van der Waals surface area contributed by atoms with E-state index in [4.69, 9.17) is 0 Å². The summed E-state index contributed by atoms with van der Waals surface area (Å²) in [4.78, 5) is 22.0. The van der Waals surface area contributed by atoms with Gasteiger partial charge in [0.05, 0.1) is 18.9 Å². The van der Waals surface area contributed by atoms with Crippen LogP contribution in [0.3, 0.4) is 0 Å². The van der Waals surface area contributed by atoms with Crippen LogP contribution in [-0.2, 0) is 9.53 Å². The summed E-state index contributed by atoms with van der Waals surface area (Å²) in [5.41, 5.74) is 0.324. The molecule has 5 heteroatoms. The van der Waals surface area contributed by atoms with Crippen molar-refractivity contribution in [1.82, 2.24) is 5.16 Å². The van der Waals surface area contributed by atoms with Gasteiger partial charge in [0.1, 0.15) is 12.2 Å². The number of aryl methyl sites for hydroxylation is 1. The summed E-state index contributed by atoms with van der Waals surface area (Å²) in [5, 5.41) is 3.43. The van der Waals surface area contributed by atoms with Crippen molar-refractivity contribution < 1.29 is 18.8 Å². The van der Waals surface area contributed by atoms with E-state index in [2.05, 4.69) is 14.4 Å². The Morgan fingerprint density at radius 2 is 2.31 bits per heavy atom. The first kappa shape index (κ1) is 9.44. The summed E-state index contributed by atoms with van der Waals surface area (Å²) >= 11 is 0. The standard InChI is InChI=1S/C8H9NO4/c1-5-6(4-9-13-5)7(10)3-8(11)12-2/h4H,3H2,1-2H3. The van der Waals surface area contributed by atoms with Crippen molar-refractivity contribution in [3.8, 4) is 0 Å². The third kappa shape index (κ3) is 2.14. The Labute approximate surface area is 74.7 Å². The van der Waals surface area contributed by atoms with Gasteiger partial charge in [0, 0.05) is 0 Å². The predicted octanol–water partition coefficient (Wildman–Crippen LogP) is 0.729. The number of hydrogen-bond acceptors (Lipinski definition) is 5. The number of carbonyl (C=O) groups is 2. The SMILES string of the molecule is COC(=O)CC(=O)c1cnoc1C. The van der Waals surface area contributed by atoms with E-state index < -0.39 is 5.97 Å². The zero-order chi connectivity index (χ0) is 9.84. The maximum atomic E-state index is 11.3. The summed E-state index contributed by atoms with van der Waals surface area (Å²) in [6, 6.07) is 0. The molecule has 0 aliphatic carbocycles. The van der Waals surface area contributed by atoms with Crippen LogP contribution in [0, 0.1) is 6.92 Å². The van der Waals surface area contributed by atoms with Crippen molar-refractivity contribution in [1.29, 1.82) is 0 Å². The molecular formula is C8H9NO4. The Kier molecular flexibility index (Phi) is 2.79. The highest BCUT2D eigenvalue weighted by Gasteiger charge is 2.16. The maximum absolute atomic E-state index is 11.3. The Bertz CT molecular complexity index is 329. The van der Waals surface area contributed by atoms with Gasteiger partial charge in [-0.05, 0) is 6.92 Å². The highest BCUT2D eigenvalue weighted by molar-refractivity contribution is 6.06. The fourth-order valence-corrected chi connectivity index (χ4v) is 0.865. The van der Waals surface area contributed by atoms with Gasteiger partial charge in [-0.15, -0.1) is 0 Å². The van der Waals surface area contributed by atoms with Crippen LogP contribution in [-0.4, -0.2) is 24.0 Å². The number of hydrogen-bond donors (Lipinski definition) is 0. The molecule has 1 aromatic heterocycles. The molecule has 0 amide bonds. The van der Waals surface area contributed by atoms with Gasteiger partial charge in [-0.1, -0.05) is 5.16 Å².